The maximum Gasteiger partial charge on any atom is 0.234 e. The van der Waals surface area contributed by atoms with Crippen LogP contribution in [-0.4, -0.2) is 48.9 Å². The first-order valence-electron chi connectivity index (χ1n) is 7.99. The van der Waals surface area contributed by atoms with Crippen LogP contribution in [0.25, 0.3) is 0 Å². The number of hydrogen-bond donors (Lipinski definition) is 0. The Morgan fingerprint density at radius 2 is 2.05 bits per heavy atom. The SMILES string of the molecule is CN(CCN1CCCC1)C(=O)[C@@]1(c2cccs2)CC1(C)C. The molecule has 1 aliphatic carbocycles. The molecule has 116 valence electrons. The van der Waals surface area contributed by atoms with Crippen LogP contribution in [0.2, 0.25) is 0 Å². The third-order valence-electron chi connectivity index (χ3n) is 5.34. The van der Waals surface area contributed by atoms with Crippen molar-refractivity contribution in [2.24, 2.45) is 5.41 Å². The Kier molecular flexibility index (Phi) is 3.87. The zero-order chi connectivity index (χ0) is 15.1. The number of rotatable bonds is 5. The molecule has 0 radical (unpaired) electrons. The molecule has 2 heterocycles. The van der Waals surface area contributed by atoms with Gasteiger partial charge in [-0.3, -0.25) is 4.79 Å². The maximum absolute atomic E-state index is 13.1. The normalized spacial score (nSPS) is 27.8. The second kappa shape index (κ2) is 5.40. The standard InChI is InChI=1S/C17H26N2OS/c1-16(2)13-17(16,14-7-6-12-21-14)15(20)18(3)10-11-19-8-4-5-9-19/h6-7,12H,4-5,8-11,13H2,1-3H3/t17-/m0/s1. The minimum Gasteiger partial charge on any atom is -0.344 e. The van der Waals surface area contributed by atoms with E-state index in [1.165, 1.54) is 30.8 Å². The van der Waals surface area contributed by atoms with Gasteiger partial charge in [0.1, 0.15) is 0 Å². The van der Waals surface area contributed by atoms with Gasteiger partial charge in [0, 0.05) is 25.0 Å². The van der Waals surface area contributed by atoms with E-state index in [2.05, 4.69) is 36.3 Å². The Bertz CT molecular complexity index is 505. The Hall–Kier alpha value is -0.870. The van der Waals surface area contributed by atoms with E-state index in [-0.39, 0.29) is 10.8 Å². The lowest BCUT2D eigenvalue weighted by Gasteiger charge is -2.27. The summed E-state index contributed by atoms with van der Waals surface area (Å²) >= 11 is 1.73. The van der Waals surface area contributed by atoms with Crippen LogP contribution in [-0.2, 0) is 10.2 Å². The Labute approximate surface area is 131 Å². The molecular weight excluding hydrogens is 280 g/mol. The second-order valence-electron chi connectivity index (χ2n) is 7.22. The predicted molar refractivity (Wildman–Crippen MR) is 87.7 cm³/mol. The van der Waals surface area contributed by atoms with Crippen molar-refractivity contribution in [1.82, 2.24) is 9.80 Å². The fourth-order valence-corrected chi connectivity index (χ4v) is 4.85. The number of likely N-dealkylation sites (N-methyl/N-ethyl adjacent to an activating group) is 1. The molecule has 3 rings (SSSR count). The molecule has 1 atom stereocenters. The van der Waals surface area contributed by atoms with E-state index < -0.39 is 0 Å². The van der Waals surface area contributed by atoms with Crippen molar-refractivity contribution < 1.29 is 4.79 Å². The average molecular weight is 306 g/mol. The highest BCUT2D eigenvalue weighted by Gasteiger charge is 2.68. The van der Waals surface area contributed by atoms with Gasteiger partial charge in [-0.1, -0.05) is 19.9 Å². The van der Waals surface area contributed by atoms with Gasteiger partial charge in [0.2, 0.25) is 5.91 Å². The third-order valence-corrected chi connectivity index (χ3v) is 6.37. The minimum absolute atomic E-state index is 0.0941. The number of hydrogen-bond acceptors (Lipinski definition) is 3. The molecule has 2 fully saturated rings. The van der Waals surface area contributed by atoms with E-state index in [0.29, 0.717) is 5.91 Å². The molecule has 1 aliphatic heterocycles. The van der Waals surface area contributed by atoms with Gasteiger partial charge >= 0.3 is 0 Å². The molecule has 4 heteroatoms. The minimum atomic E-state index is -0.263. The number of thiophene rings is 1. The monoisotopic (exact) mass is 306 g/mol. The molecule has 21 heavy (non-hydrogen) atoms. The van der Waals surface area contributed by atoms with Gasteiger partial charge in [-0.2, -0.15) is 0 Å². The summed E-state index contributed by atoms with van der Waals surface area (Å²) in [6, 6.07) is 4.19. The van der Waals surface area contributed by atoms with Crippen LogP contribution in [0.3, 0.4) is 0 Å². The molecule has 0 unspecified atom stereocenters. The zero-order valence-corrected chi connectivity index (χ0v) is 14.2. The first-order chi connectivity index (χ1) is 9.97. The zero-order valence-electron chi connectivity index (χ0n) is 13.4. The molecule has 1 aromatic rings. The highest BCUT2D eigenvalue weighted by atomic mass is 32.1. The average Bonchev–Trinajstić information content (AvgIpc) is 2.97. The number of amides is 1. The van der Waals surface area contributed by atoms with Crippen molar-refractivity contribution >= 4 is 17.2 Å². The van der Waals surface area contributed by atoms with E-state index in [4.69, 9.17) is 0 Å². The lowest BCUT2D eigenvalue weighted by atomic mass is 9.92. The smallest absolute Gasteiger partial charge is 0.234 e. The molecule has 2 aliphatic rings. The highest BCUT2D eigenvalue weighted by molar-refractivity contribution is 7.10. The summed E-state index contributed by atoms with van der Waals surface area (Å²) in [5, 5.41) is 2.09. The Balaban J connectivity index is 1.68. The van der Waals surface area contributed by atoms with Crippen molar-refractivity contribution in [3.63, 3.8) is 0 Å². The van der Waals surface area contributed by atoms with Gasteiger partial charge in [0.25, 0.3) is 0 Å². The molecule has 1 amide bonds. The third kappa shape index (κ3) is 2.53. The molecule has 0 aromatic carbocycles. The first-order valence-corrected chi connectivity index (χ1v) is 8.87. The van der Waals surface area contributed by atoms with E-state index in [9.17, 15) is 4.79 Å². The lowest BCUT2D eigenvalue weighted by Crippen LogP contribution is -2.42. The quantitative estimate of drug-likeness (QED) is 0.835. The van der Waals surface area contributed by atoms with Crippen LogP contribution in [0.1, 0.15) is 38.0 Å². The van der Waals surface area contributed by atoms with Crippen LogP contribution >= 0.6 is 11.3 Å². The lowest BCUT2D eigenvalue weighted by molar-refractivity contribution is -0.133. The summed E-state index contributed by atoms with van der Waals surface area (Å²) < 4.78 is 0. The molecule has 0 spiro atoms. The number of nitrogens with zero attached hydrogens (tertiary/aromatic N) is 2. The molecule has 0 N–H and O–H groups in total. The van der Waals surface area contributed by atoms with Gasteiger partial charge in [-0.15, -0.1) is 11.3 Å². The van der Waals surface area contributed by atoms with E-state index in [1.54, 1.807) is 11.3 Å². The fraction of sp³-hybridized carbons (Fsp3) is 0.706. The van der Waals surface area contributed by atoms with Gasteiger partial charge < -0.3 is 9.80 Å². The van der Waals surface area contributed by atoms with Crippen molar-refractivity contribution in [2.45, 2.75) is 38.5 Å². The predicted octanol–water partition coefficient (Wildman–Crippen LogP) is 2.97. The van der Waals surface area contributed by atoms with Gasteiger partial charge in [0.05, 0.1) is 5.41 Å². The van der Waals surface area contributed by atoms with Gasteiger partial charge in [-0.05, 0) is 49.2 Å². The molecule has 0 bridgehead atoms. The van der Waals surface area contributed by atoms with Crippen LogP contribution in [0.15, 0.2) is 17.5 Å². The van der Waals surface area contributed by atoms with Gasteiger partial charge in [0.15, 0.2) is 0 Å². The second-order valence-corrected chi connectivity index (χ2v) is 8.17. The summed E-state index contributed by atoms with van der Waals surface area (Å²) in [6.45, 7) is 8.70. The largest absolute Gasteiger partial charge is 0.344 e. The molecular formula is C17H26N2OS. The van der Waals surface area contributed by atoms with Crippen molar-refractivity contribution in [2.75, 3.05) is 33.2 Å². The maximum atomic E-state index is 13.1. The summed E-state index contributed by atoms with van der Waals surface area (Å²) in [6.07, 6.45) is 3.60. The summed E-state index contributed by atoms with van der Waals surface area (Å²) in [7, 11) is 1.97. The summed E-state index contributed by atoms with van der Waals surface area (Å²) in [5.41, 5.74) is -0.169. The van der Waals surface area contributed by atoms with Crippen molar-refractivity contribution in [3.05, 3.63) is 22.4 Å². The van der Waals surface area contributed by atoms with E-state index >= 15 is 0 Å². The number of likely N-dealkylation sites (tertiary alicyclic amines) is 1. The van der Waals surface area contributed by atoms with Gasteiger partial charge in [-0.25, -0.2) is 0 Å². The molecule has 1 saturated heterocycles. The van der Waals surface area contributed by atoms with E-state index in [1.807, 2.05) is 11.9 Å². The summed E-state index contributed by atoms with van der Waals surface area (Å²) in [4.78, 5) is 18.7. The van der Waals surface area contributed by atoms with Crippen LogP contribution < -0.4 is 0 Å². The Morgan fingerprint density at radius 1 is 1.38 bits per heavy atom. The van der Waals surface area contributed by atoms with Crippen molar-refractivity contribution in [3.8, 4) is 0 Å². The number of carbonyl (C=O) groups excluding carboxylic acids is 1. The highest BCUT2D eigenvalue weighted by Crippen LogP contribution is 2.65. The summed E-state index contributed by atoms with van der Waals surface area (Å²) in [5.74, 6) is 0.314. The number of carbonyl (C=O) groups is 1. The molecule has 1 saturated carbocycles. The molecule has 3 nitrogen and oxygen atoms in total. The van der Waals surface area contributed by atoms with E-state index in [0.717, 1.165) is 19.5 Å². The molecule has 1 aromatic heterocycles. The Morgan fingerprint density at radius 3 is 2.57 bits per heavy atom. The topological polar surface area (TPSA) is 23.6 Å². The fourth-order valence-electron chi connectivity index (χ4n) is 3.76. The van der Waals surface area contributed by atoms with Crippen molar-refractivity contribution in [1.29, 1.82) is 0 Å². The first kappa shape index (κ1) is 15.0. The van der Waals surface area contributed by atoms with Crippen LogP contribution in [0.4, 0.5) is 0 Å². The van der Waals surface area contributed by atoms with Crippen LogP contribution in [0, 0.1) is 5.41 Å². The van der Waals surface area contributed by atoms with Crippen LogP contribution in [0.5, 0.6) is 0 Å².